The molecule has 1 rings (SSSR count). The lowest BCUT2D eigenvalue weighted by molar-refractivity contribution is -0.129. The molecular formula is C11H15FN2O2. The van der Waals surface area contributed by atoms with Crippen molar-refractivity contribution in [3.63, 3.8) is 0 Å². The molecule has 0 aliphatic rings. The summed E-state index contributed by atoms with van der Waals surface area (Å²) in [7, 11) is 0. The minimum absolute atomic E-state index is 0.0337. The Balaban J connectivity index is 2.75. The fourth-order valence-corrected chi connectivity index (χ4v) is 1.23. The zero-order valence-corrected chi connectivity index (χ0v) is 9.24. The third-order valence-electron chi connectivity index (χ3n) is 2.08. The van der Waals surface area contributed by atoms with Gasteiger partial charge in [-0.05, 0) is 30.2 Å². The molecule has 4 nitrogen and oxygen atoms in total. The van der Waals surface area contributed by atoms with Gasteiger partial charge in [-0.3, -0.25) is 10.2 Å². The second-order valence-electron chi connectivity index (χ2n) is 3.74. The Bertz CT molecular complexity index is 352. The summed E-state index contributed by atoms with van der Waals surface area (Å²) in [5.41, 5.74) is 2.04. The van der Waals surface area contributed by atoms with Crippen LogP contribution in [0.4, 0.5) is 4.39 Å². The number of hydrogen-bond acceptors (Lipinski definition) is 3. The van der Waals surface area contributed by atoms with Crippen LogP contribution < -0.4 is 16.0 Å². The normalized spacial score (nSPS) is 12.3. The second-order valence-corrected chi connectivity index (χ2v) is 3.74. The first-order chi connectivity index (χ1) is 7.54. The smallest absolute Gasteiger partial charge is 0.275 e. The molecule has 0 heterocycles. The number of carbonyl (C=O) groups excluding carboxylic acids is 1. The van der Waals surface area contributed by atoms with Crippen LogP contribution in [0.15, 0.2) is 24.3 Å². The van der Waals surface area contributed by atoms with Crippen LogP contribution in [0.3, 0.4) is 0 Å². The maximum atomic E-state index is 12.7. The van der Waals surface area contributed by atoms with E-state index in [1.165, 1.54) is 24.3 Å². The maximum absolute atomic E-state index is 12.7. The Labute approximate surface area is 93.6 Å². The number of halogens is 1. The van der Waals surface area contributed by atoms with E-state index in [0.29, 0.717) is 5.75 Å². The standard InChI is InChI=1S/C11H15FN2O2/c1-7(2)10(11(15)14-13)16-9-5-3-8(12)4-6-9/h3-7,10H,13H2,1-2H3,(H,14,15). The number of carbonyl (C=O) groups is 1. The molecule has 1 unspecified atom stereocenters. The fourth-order valence-electron chi connectivity index (χ4n) is 1.23. The van der Waals surface area contributed by atoms with Crippen LogP contribution in [0.1, 0.15) is 13.8 Å². The van der Waals surface area contributed by atoms with Crippen molar-refractivity contribution >= 4 is 5.91 Å². The zero-order chi connectivity index (χ0) is 12.1. The summed E-state index contributed by atoms with van der Waals surface area (Å²) in [4.78, 5) is 11.4. The molecule has 0 spiro atoms. The molecule has 0 aliphatic carbocycles. The summed E-state index contributed by atoms with van der Waals surface area (Å²) in [6.07, 6.45) is -0.685. The van der Waals surface area contributed by atoms with E-state index in [-0.39, 0.29) is 11.7 Å². The summed E-state index contributed by atoms with van der Waals surface area (Å²) in [5, 5.41) is 0. The van der Waals surface area contributed by atoms with Gasteiger partial charge < -0.3 is 4.74 Å². The first-order valence-electron chi connectivity index (χ1n) is 4.97. The number of rotatable bonds is 4. The summed E-state index contributed by atoms with van der Waals surface area (Å²) in [6, 6.07) is 5.48. The predicted molar refractivity (Wildman–Crippen MR) is 58.0 cm³/mol. The van der Waals surface area contributed by atoms with Crippen LogP contribution in [0.5, 0.6) is 5.75 Å². The minimum atomic E-state index is -0.685. The average Bonchev–Trinajstić information content (AvgIpc) is 2.27. The van der Waals surface area contributed by atoms with Crippen molar-refractivity contribution in [1.82, 2.24) is 5.43 Å². The third-order valence-corrected chi connectivity index (χ3v) is 2.08. The van der Waals surface area contributed by atoms with Gasteiger partial charge in [0.15, 0.2) is 6.10 Å². The van der Waals surface area contributed by atoms with E-state index in [1.54, 1.807) is 0 Å². The summed E-state index contributed by atoms with van der Waals surface area (Å²) < 4.78 is 18.1. The fraction of sp³-hybridized carbons (Fsp3) is 0.364. The molecule has 0 fully saturated rings. The number of amides is 1. The van der Waals surface area contributed by atoms with Crippen LogP contribution in [-0.2, 0) is 4.79 Å². The number of benzene rings is 1. The number of nitrogens with one attached hydrogen (secondary N) is 1. The van der Waals surface area contributed by atoms with Crippen LogP contribution in [0.25, 0.3) is 0 Å². The second kappa shape index (κ2) is 5.46. The van der Waals surface area contributed by atoms with E-state index in [4.69, 9.17) is 10.6 Å². The molecule has 0 saturated carbocycles. The SMILES string of the molecule is CC(C)C(Oc1ccc(F)cc1)C(=O)NN. The first kappa shape index (κ1) is 12.4. The molecular weight excluding hydrogens is 211 g/mol. The lowest BCUT2D eigenvalue weighted by Gasteiger charge is -2.20. The quantitative estimate of drug-likeness (QED) is 0.461. The molecule has 5 heteroatoms. The molecule has 88 valence electrons. The van der Waals surface area contributed by atoms with Gasteiger partial charge in [-0.2, -0.15) is 0 Å². The summed E-state index contributed by atoms with van der Waals surface area (Å²) in [5.74, 6) is 4.70. The Hall–Kier alpha value is -1.62. The minimum Gasteiger partial charge on any atom is -0.480 e. The molecule has 3 N–H and O–H groups in total. The highest BCUT2D eigenvalue weighted by Gasteiger charge is 2.23. The van der Waals surface area contributed by atoms with Gasteiger partial charge in [-0.15, -0.1) is 0 Å². The third kappa shape index (κ3) is 3.20. The highest BCUT2D eigenvalue weighted by atomic mass is 19.1. The molecule has 1 aromatic rings. The topological polar surface area (TPSA) is 64.3 Å². The van der Waals surface area contributed by atoms with Crippen LogP contribution in [0.2, 0.25) is 0 Å². The van der Waals surface area contributed by atoms with Gasteiger partial charge in [0.25, 0.3) is 5.91 Å². The first-order valence-corrected chi connectivity index (χ1v) is 4.97. The predicted octanol–water partition coefficient (Wildman–Crippen LogP) is 1.22. The van der Waals surface area contributed by atoms with E-state index in [9.17, 15) is 9.18 Å². The lowest BCUT2D eigenvalue weighted by Crippen LogP contribution is -2.44. The van der Waals surface area contributed by atoms with Gasteiger partial charge in [0.2, 0.25) is 0 Å². The van der Waals surface area contributed by atoms with E-state index >= 15 is 0 Å². The van der Waals surface area contributed by atoms with Gasteiger partial charge in [-0.25, -0.2) is 10.2 Å². The molecule has 1 aromatic carbocycles. The van der Waals surface area contributed by atoms with Crippen molar-refractivity contribution in [2.75, 3.05) is 0 Å². The maximum Gasteiger partial charge on any atom is 0.275 e. The molecule has 0 aliphatic heterocycles. The molecule has 0 aromatic heterocycles. The van der Waals surface area contributed by atoms with Gasteiger partial charge in [-0.1, -0.05) is 13.8 Å². The molecule has 16 heavy (non-hydrogen) atoms. The van der Waals surface area contributed by atoms with Crippen molar-refractivity contribution < 1.29 is 13.9 Å². The summed E-state index contributed by atoms with van der Waals surface area (Å²) >= 11 is 0. The van der Waals surface area contributed by atoms with E-state index < -0.39 is 12.0 Å². The number of hydrogen-bond donors (Lipinski definition) is 2. The molecule has 1 amide bonds. The van der Waals surface area contributed by atoms with Crippen molar-refractivity contribution in [3.05, 3.63) is 30.1 Å². The Kier molecular flexibility index (Phi) is 4.25. The number of ether oxygens (including phenoxy) is 1. The van der Waals surface area contributed by atoms with E-state index in [2.05, 4.69) is 0 Å². The summed E-state index contributed by atoms with van der Waals surface area (Å²) in [6.45, 7) is 3.67. The number of nitrogens with two attached hydrogens (primary N) is 1. The molecule has 0 bridgehead atoms. The average molecular weight is 226 g/mol. The van der Waals surface area contributed by atoms with E-state index in [1.807, 2.05) is 19.3 Å². The van der Waals surface area contributed by atoms with Crippen molar-refractivity contribution in [2.45, 2.75) is 20.0 Å². The molecule has 0 radical (unpaired) electrons. The van der Waals surface area contributed by atoms with Gasteiger partial charge >= 0.3 is 0 Å². The highest BCUT2D eigenvalue weighted by molar-refractivity contribution is 5.80. The van der Waals surface area contributed by atoms with Crippen LogP contribution in [0, 0.1) is 11.7 Å². The Morgan fingerprint density at radius 2 is 1.94 bits per heavy atom. The number of hydrazine groups is 1. The molecule has 1 atom stereocenters. The highest BCUT2D eigenvalue weighted by Crippen LogP contribution is 2.16. The van der Waals surface area contributed by atoms with Crippen molar-refractivity contribution in [2.24, 2.45) is 11.8 Å². The Morgan fingerprint density at radius 3 is 2.38 bits per heavy atom. The van der Waals surface area contributed by atoms with E-state index in [0.717, 1.165) is 0 Å². The van der Waals surface area contributed by atoms with Gasteiger partial charge in [0.1, 0.15) is 11.6 Å². The van der Waals surface area contributed by atoms with Crippen molar-refractivity contribution in [1.29, 1.82) is 0 Å². The largest absolute Gasteiger partial charge is 0.480 e. The monoisotopic (exact) mass is 226 g/mol. The lowest BCUT2D eigenvalue weighted by atomic mass is 10.1. The molecule has 0 saturated heterocycles. The zero-order valence-electron chi connectivity index (χ0n) is 9.24. The van der Waals surface area contributed by atoms with Crippen LogP contribution >= 0.6 is 0 Å². The van der Waals surface area contributed by atoms with Crippen molar-refractivity contribution in [3.8, 4) is 5.75 Å². The van der Waals surface area contributed by atoms with Crippen LogP contribution in [-0.4, -0.2) is 12.0 Å². The van der Waals surface area contributed by atoms with Gasteiger partial charge in [0.05, 0.1) is 0 Å². The van der Waals surface area contributed by atoms with Gasteiger partial charge in [0, 0.05) is 0 Å². The Morgan fingerprint density at radius 1 is 1.38 bits per heavy atom.